The van der Waals surface area contributed by atoms with Crippen molar-refractivity contribution in [3.8, 4) is 0 Å². The summed E-state index contributed by atoms with van der Waals surface area (Å²) >= 11 is 0. The van der Waals surface area contributed by atoms with Gasteiger partial charge in [-0.3, -0.25) is 9.69 Å². The van der Waals surface area contributed by atoms with Crippen LogP contribution in [-0.2, 0) is 16.0 Å². The molecule has 2 heterocycles. The number of rotatable bonds is 4. The van der Waals surface area contributed by atoms with E-state index in [1.54, 1.807) is 0 Å². The maximum atomic E-state index is 12.8. The normalized spacial score (nSPS) is 27.0. The van der Waals surface area contributed by atoms with E-state index in [-0.39, 0.29) is 36.6 Å². The van der Waals surface area contributed by atoms with Gasteiger partial charge in [0, 0.05) is 38.8 Å². The number of piperazine rings is 1. The third kappa shape index (κ3) is 5.19. The summed E-state index contributed by atoms with van der Waals surface area (Å²) in [7, 11) is 0. The third-order valence-corrected chi connectivity index (χ3v) is 5.24. The van der Waals surface area contributed by atoms with Gasteiger partial charge >= 0.3 is 0 Å². The molecular formula is C20H32ClN3O2. The molecule has 26 heavy (non-hydrogen) atoms. The Morgan fingerprint density at radius 1 is 1.19 bits per heavy atom. The highest BCUT2D eigenvalue weighted by Crippen LogP contribution is 2.23. The van der Waals surface area contributed by atoms with Gasteiger partial charge in [0.15, 0.2) is 0 Å². The van der Waals surface area contributed by atoms with Gasteiger partial charge in [-0.05, 0) is 31.4 Å². The van der Waals surface area contributed by atoms with E-state index in [1.807, 2.05) is 18.7 Å². The summed E-state index contributed by atoms with van der Waals surface area (Å²) in [6.45, 7) is 10.9. The Balaban J connectivity index is 0.00000243. The van der Waals surface area contributed by atoms with Gasteiger partial charge in [0.1, 0.15) is 0 Å². The van der Waals surface area contributed by atoms with Gasteiger partial charge in [0.05, 0.1) is 18.8 Å². The maximum Gasteiger partial charge on any atom is 0.236 e. The third-order valence-electron chi connectivity index (χ3n) is 5.24. The minimum absolute atomic E-state index is 0. The first kappa shape index (κ1) is 21.2. The highest BCUT2D eigenvalue weighted by Gasteiger charge is 2.30. The van der Waals surface area contributed by atoms with E-state index < -0.39 is 0 Å². The molecule has 1 amide bonds. The first-order valence-corrected chi connectivity index (χ1v) is 9.53. The van der Waals surface area contributed by atoms with Crippen molar-refractivity contribution in [2.45, 2.75) is 45.4 Å². The number of benzene rings is 1. The van der Waals surface area contributed by atoms with Crippen molar-refractivity contribution in [3.05, 3.63) is 35.4 Å². The van der Waals surface area contributed by atoms with Gasteiger partial charge in [-0.2, -0.15) is 0 Å². The molecule has 0 aromatic heterocycles. The highest BCUT2D eigenvalue weighted by molar-refractivity contribution is 5.85. The van der Waals surface area contributed by atoms with E-state index in [1.165, 1.54) is 11.1 Å². The molecule has 0 saturated carbocycles. The van der Waals surface area contributed by atoms with Gasteiger partial charge in [-0.25, -0.2) is 0 Å². The number of carbonyl (C=O) groups is 1. The molecule has 2 fully saturated rings. The Morgan fingerprint density at radius 3 is 2.46 bits per heavy atom. The number of ether oxygens (including phenoxy) is 1. The van der Waals surface area contributed by atoms with E-state index in [0.717, 1.165) is 26.1 Å². The average Bonchev–Trinajstić information content (AvgIpc) is 2.61. The Morgan fingerprint density at radius 2 is 1.85 bits per heavy atom. The van der Waals surface area contributed by atoms with Crippen LogP contribution in [0.5, 0.6) is 0 Å². The molecule has 5 nitrogen and oxygen atoms in total. The minimum Gasteiger partial charge on any atom is -0.372 e. The van der Waals surface area contributed by atoms with Crippen molar-refractivity contribution >= 4 is 18.3 Å². The minimum atomic E-state index is 0. The molecular weight excluding hydrogens is 350 g/mol. The molecule has 1 aromatic rings. The van der Waals surface area contributed by atoms with E-state index in [4.69, 9.17) is 4.74 Å². The van der Waals surface area contributed by atoms with Gasteiger partial charge in [-0.15, -0.1) is 12.4 Å². The average molecular weight is 382 g/mol. The summed E-state index contributed by atoms with van der Waals surface area (Å²) in [6, 6.07) is 9.10. The van der Waals surface area contributed by atoms with Crippen molar-refractivity contribution in [2.75, 3.05) is 39.3 Å². The molecule has 0 spiro atoms. The lowest BCUT2D eigenvalue weighted by Gasteiger charge is -2.39. The topological polar surface area (TPSA) is 44.8 Å². The SMILES string of the molecule is CCc1ccc(C2CNCCN2CC(=O)N2CC(C)OC(C)C2)cc1.Cl. The number of morpholine rings is 1. The van der Waals surface area contributed by atoms with Crippen molar-refractivity contribution < 1.29 is 9.53 Å². The quantitative estimate of drug-likeness (QED) is 0.868. The predicted octanol–water partition coefficient (Wildman–Crippen LogP) is 2.25. The molecule has 3 unspecified atom stereocenters. The summed E-state index contributed by atoms with van der Waals surface area (Å²) in [6.07, 6.45) is 1.29. The van der Waals surface area contributed by atoms with E-state index in [0.29, 0.717) is 19.6 Å². The van der Waals surface area contributed by atoms with Gasteiger partial charge in [0.25, 0.3) is 0 Å². The summed E-state index contributed by atoms with van der Waals surface area (Å²) < 4.78 is 5.75. The lowest BCUT2D eigenvalue weighted by atomic mass is 10.0. The zero-order valence-corrected chi connectivity index (χ0v) is 16.9. The number of hydrogen-bond donors (Lipinski definition) is 1. The molecule has 0 bridgehead atoms. The Hall–Kier alpha value is -1.14. The summed E-state index contributed by atoms with van der Waals surface area (Å²) in [5.41, 5.74) is 2.65. The first-order chi connectivity index (χ1) is 12.1. The van der Waals surface area contributed by atoms with Crippen molar-refractivity contribution in [3.63, 3.8) is 0 Å². The summed E-state index contributed by atoms with van der Waals surface area (Å²) in [5, 5.41) is 3.47. The smallest absolute Gasteiger partial charge is 0.236 e. The Kier molecular flexibility index (Phi) is 7.89. The number of halogens is 1. The standard InChI is InChI=1S/C20H31N3O2.ClH/c1-4-17-5-7-18(8-6-17)19-11-21-9-10-22(19)14-20(24)23-12-15(2)25-16(3)13-23;/h5-8,15-16,19,21H,4,9-14H2,1-3H3;1H. The Labute approximate surface area is 163 Å². The summed E-state index contributed by atoms with van der Waals surface area (Å²) in [4.78, 5) is 17.1. The maximum absolute atomic E-state index is 12.8. The van der Waals surface area contributed by atoms with Crippen LogP contribution in [-0.4, -0.2) is 67.2 Å². The zero-order valence-electron chi connectivity index (χ0n) is 16.1. The van der Waals surface area contributed by atoms with Crippen LogP contribution in [0.3, 0.4) is 0 Å². The van der Waals surface area contributed by atoms with Gasteiger partial charge < -0.3 is 15.0 Å². The Bertz CT molecular complexity index is 571. The van der Waals surface area contributed by atoms with Crippen LogP contribution in [0.15, 0.2) is 24.3 Å². The lowest BCUT2D eigenvalue weighted by molar-refractivity contribution is -0.145. The van der Waals surface area contributed by atoms with Crippen molar-refractivity contribution in [1.82, 2.24) is 15.1 Å². The predicted molar refractivity (Wildman–Crippen MR) is 107 cm³/mol. The molecule has 1 N–H and O–H groups in total. The van der Waals surface area contributed by atoms with Crippen LogP contribution in [0, 0.1) is 0 Å². The molecule has 2 aliphatic rings. The van der Waals surface area contributed by atoms with E-state index in [9.17, 15) is 4.79 Å². The van der Waals surface area contributed by atoms with Crippen LogP contribution >= 0.6 is 12.4 Å². The fourth-order valence-corrected chi connectivity index (χ4v) is 3.90. The molecule has 3 rings (SSSR count). The molecule has 2 aliphatic heterocycles. The van der Waals surface area contributed by atoms with Crippen LogP contribution < -0.4 is 5.32 Å². The second-order valence-corrected chi connectivity index (χ2v) is 7.34. The fraction of sp³-hybridized carbons (Fsp3) is 0.650. The first-order valence-electron chi connectivity index (χ1n) is 9.53. The van der Waals surface area contributed by atoms with Gasteiger partial charge in [0.2, 0.25) is 5.91 Å². The van der Waals surface area contributed by atoms with Crippen LogP contribution in [0.2, 0.25) is 0 Å². The largest absolute Gasteiger partial charge is 0.372 e. The zero-order chi connectivity index (χ0) is 17.8. The number of amides is 1. The van der Waals surface area contributed by atoms with Gasteiger partial charge in [-0.1, -0.05) is 31.2 Å². The number of aryl methyl sites for hydroxylation is 1. The summed E-state index contributed by atoms with van der Waals surface area (Å²) in [5.74, 6) is 0.221. The second-order valence-electron chi connectivity index (χ2n) is 7.34. The monoisotopic (exact) mass is 381 g/mol. The molecule has 0 radical (unpaired) electrons. The molecule has 146 valence electrons. The van der Waals surface area contributed by atoms with Crippen LogP contribution in [0.25, 0.3) is 0 Å². The fourth-order valence-electron chi connectivity index (χ4n) is 3.90. The van der Waals surface area contributed by atoms with E-state index >= 15 is 0 Å². The van der Waals surface area contributed by atoms with Crippen LogP contribution in [0.1, 0.15) is 37.9 Å². The number of carbonyl (C=O) groups excluding carboxylic acids is 1. The molecule has 2 saturated heterocycles. The number of hydrogen-bond acceptors (Lipinski definition) is 4. The molecule has 1 aromatic carbocycles. The molecule has 6 heteroatoms. The van der Waals surface area contributed by atoms with Crippen molar-refractivity contribution in [1.29, 1.82) is 0 Å². The number of nitrogens with one attached hydrogen (secondary N) is 1. The second kappa shape index (κ2) is 9.70. The van der Waals surface area contributed by atoms with Crippen molar-refractivity contribution in [2.24, 2.45) is 0 Å². The molecule has 3 atom stereocenters. The molecule has 0 aliphatic carbocycles. The van der Waals surface area contributed by atoms with Crippen LogP contribution in [0.4, 0.5) is 0 Å². The van der Waals surface area contributed by atoms with E-state index in [2.05, 4.69) is 41.4 Å². The lowest BCUT2D eigenvalue weighted by Crippen LogP contribution is -2.54. The highest BCUT2D eigenvalue weighted by atomic mass is 35.5. The number of nitrogens with zero attached hydrogens (tertiary/aromatic N) is 2.